The summed E-state index contributed by atoms with van der Waals surface area (Å²) < 4.78 is 0. The summed E-state index contributed by atoms with van der Waals surface area (Å²) in [6.45, 7) is 6.65. The molecule has 3 nitrogen and oxygen atoms in total. The normalized spacial score (nSPS) is 16.4. The summed E-state index contributed by atoms with van der Waals surface area (Å²) in [5.74, 6) is 0. The molecule has 1 aromatic carbocycles. The van der Waals surface area contributed by atoms with Crippen LogP contribution in [0.1, 0.15) is 36.4 Å². The Bertz CT molecular complexity index is 555. The molecule has 1 aromatic heterocycles. The second kappa shape index (κ2) is 5.83. The fourth-order valence-electron chi connectivity index (χ4n) is 2.79. The van der Waals surface area contributed by atoms with Gasteiger partial charge in [0, 0.05) is 29.3 Å². The molecule has 2 heterocycles. The maximum Gasteiger partial charge on any atom is 0.0798 e. The van der Waals surface area contributed by atoms with Crippen molar-refractivity contribution in [1.82, 2.24) is 4.98 Å². The van der Waals surface area contributed by atoms with E-state index in [1.54, 1.807) is 11.3 Å². The second-order valence-corrected chi connectivity index (χ2v) is 6.30. The van der Waals surface area contributed by atoms with Gasteiger partial charge in [-0.2, -0.15) is 0 Å². The molecule has 1 saturated heterocycles. The predicted octanol–water partition coefficient (Wildman–Crippen LogP) is 4.22. The zero-order valence-electron chi connectivity index (χ0n) is 12.1. The molecule has 0 spiro atoms. The van der Waals surface area contributed by atoms with E-state index >= 15 is 0 Å². The van der Waals surface area contributed by atoms with Crippen molar-refractivity contribution in [2.24, 2.45) is 0 Å². The monoisotopic (exact) mass is 287 g/mol. The van der Waals surface area contributed by atoms with Gasteiger partial charge in [0.2, 0.25) is 0 Å². The van der Waals surface area contributed by atoms with E-state index in [9.17, 15) is 0 Å². The molecule has 0 aliphatic carbocycles. The van der Waals surface area contributed by atoms with Crippen molar-refractivity contribution in [2.45, 2.75) is 32.7 Å². The van der Waals surface area contributed by atoms with Crippen LogP contribution in [0.15, 0.2) is 29.8 Å². The Labute approximate surface area is 124 Å². The van der Waals surface area contributed by atoms with Crippen LogP contribution >= 0.6 is 11.3 Å². The van der Waals surface area contributed by atoms with Gasteiger partial charge in [-0.25, -0.2) is 4.98 Å². The van der Waals surface area contributed by atoms with E-state index in [1.165, 1.54) is 42.2 Å². The average molecular weight is 287 g/mol. The molecule has 0 bridgehead atoms. The van der Waals surface area contributed by atoms with Crippen LogP contribution in [0.3, 0.4) is 0 Å². The molecule has 0 radical (unpaired) electrons. The Morgan fingerprint density at radius 2 is 1.90 bits per heavy atom. The fourth-order valence-corrected chi connectivity index (χ4v) is 3.60. The molecule has 3 rings (SSSR count). The van der Waals surface area contributed by atoms with E-state index in [4.69, 9.17) is 0 Å². The molecule has 106 valence electrons. The van der Waals surface area contributed by atoms with E-state index in [0.717, 1.165) is 5.69 Å². The third kappa shape index (κ3) is 2.80. The fraction of sp³-hybridized carbons (Fsp3) is 0.438. The van der Waals surface area contributed by atoms with E-state index in [1.807, 2.05) is 5.51 Å². The summed E-state index contributed by atoms with van der Waals surface area (Å²) in [7, 11) is 0. The highest BCUT2D eigenvalue weighted by molar-refractivity contribution is 7.09. The number of nitrogens with zero attached hydrogens (tertiary/aromatic N) is 2. The molecule has 0 saturated carbocycles. The second-order valence-electron chi connectivity index (χ2n) is 5.41. The number of rotatable bonds is 4. The van der Waals surface area contributed by atoms with Gasteiger partial charge in [0.05, 0.1) is 17.2 Å². The number of anilines is 2. The smallest absolute Gasteiger partial charge is 0.0798 e. The first-order chi connectivity index (χ1) is 9.74. The highest BCUT2D eigenvalue weighted by atomic mass is 32.1. The molecular weight excluding hydrogens is 266 g/mol. The third-order valence-electron chi connectivity index (χ3n) is 3.90. The molecule has 1 atom stereocenters. The van der Waals surface area contributed by atoms with Gasteiger partial charge in [0.15, 0.2) is 0 Å². The lowest BCUT2D eigenvalue weighted by Gasteiger charge is -2.19. The van der Waals surface area contributed by atoms with Gasteiger partial charge in [-0.05, 0) is 51.0 Å². The van der Waals surface area contributed by atoms with Crippen molar-refractivity contribution in [2.75, 3.05) is 23.3 Å². The number of hydrogen-bond donors (Lipinski definition) is 1. The molecule has 2 aromatic rings. The lowest BCUT2D eigenvalue weighted by Crippen LogP contribution is -2.17. The minimum Gasteiger partial charge on any atom is -0.378 e. The number of aryl methyl sites for hydroxylation is 1. The first kappa shape index (κ1) is 13.4. The van der Waals surface area contributed by atoms with Crippen LogP contribution in [0.4, 0.5) is 11.4 Å². The highest BCUT2D eigenvalue weighted by Crippen LogP contribution is 2.27. The highest BCUT2D eigenvalue weighted by Gasteiger charge is 2.13. The molecule has 20 heavy (non-hydrogen) atoms. The van der Waals surface area contributed by atoms with Gasteiger partial charge in [0.25, 0.3) is 0 Å². The molecule has 1 unspecified atom stereocenters. The Morgan fingerprint density at radius 1 is 1.20 bits per heavy atom. The van der Waals surface area contributed by atoms with Crippen LogP contribution in [0.25, 0.3) is 0 Å². The predicted molar refractivity (Wildman–Crippen MR) is 86.8 cm³/mol. The molecule has 1 aliphatic rings. The van der Waals surface area contributed by atoms with Gasteiger partial charge in [-0.15, -0.1) is 11.3 Å². The number of hydrogen-bond acceptors (Lipinski definition) is 4. The molecule has 0 amide bonds. The maximum absolute atomic E-state index is 4.32. The van der Waals surface area contributed by atoms with E-state index in [0.29, 0.717) is 6.04 Å². The minimum absolute atomic E-state index is 0.306. The standard InChI is InChI=1S/C16H21N3S/c1-12-16(20-11-17-12)13(2)18-14-5-7-15(8-6-14)19-9-3-4-10-19/h5-8,11,13,18H,3-4,9-10H2,1-2H3. The number of aromatic nitrogens is 1. The van der Waals surface area contributed by atoms with E-state index < -0.39 is 0 Å². The SMILES string of the molecule is Cc1ncsc1C(C)Nc1ccc(N2CCCC2)cc1. The zero-order chi connectivity index (χ0) is 13.9. The summed E-state index contributed by atoms with van der Waals surface area (Å²) >= 11 is 1.72. The van der Waals surface area contributed by atoms with Crippen molar-refractivity contribution < 1.29 is 0 Å². The Balaban J connectivity index is 1.67. The molecule has 1 aliphatic heterocycles. The minimum atomic E-state index is 0.306. The van der Waals surface area contributed by atoms with E-state index in [-0.39, 0.29) is 0 Å². The van der Waals surface area contributed by atoms with Crippen LogP contribution in [-0.2, 0) is 0 Å². The molecule has 1 fully saturated rings. The van der Waals surface area contributed by atoms with Crippen LogP contribution in [0.2, 0.25) is 0 Å². The van der Waals surface area contributed by atoms with Crippen molar-refractivity contribution >= 4 is 22.7 Å². The van der Waals surface area contributed by atoms with Gasteiger partial charge in [-0.3, -0.25) is 0 Å². The lowest BCUT2D eigenvalue weighted by molar-refractivity contribution is 0.890. The zero-order valence-corrected chi connectivity index (χ0v) is 12.9. The quantitative estimate of drug-likeness (QED) is 0.912. The number of thiazole rings is 1. The Morgan fingerprint density at radius 3 is 2.50 bits per heavy atom. The summed E-state index contributed by atoms with van der Waals surface area (Å²) in [6.07, 6.45) is 2.64. The van der Waals surface area contributed by atoms with Gasteiger partial charge >= 0.3 is 0 Å². The molecular formula is C16H21N3S. The third-order valence-corrected chi connectivity index (χ3v) is 5.01. The maximum atomic E-state index is 4.32. The van der Waals surface area contributed by atoms with Crippen LogP contribution in [-0.4, -0.2) is 18.1 Å². The molecule has 4 heteroatoms. The summed E-state index contributed by atoms with van der Waals surface area (Å²) in [5.41, 5.74) is 5.56. The van der Waals surface area contributed by atoms with Crippen LogP contribution < -0.4 is 10.2 Å². The summed E-state index contributed by atoms with van der Waals surface area (Å²) in [6, 6.07) is 9.11. The Kier molecular flexibility index (Phi) is 3.92. The number of benzene rings is 1. The van der Waals surface area contributed by atoms with Gasteiger partial charge < -0.3 is 10.2 Å². The summed E-state index contributed by atoms with van der Waals surface area (Å²) in [4.78, 5) is 8.09. The van der Waals surface area contributed by atoms with Crippen molar-refractivity contribution in [3.8, 4) is 0 Å². The lowest BCUT2D eigenvalue weighted by atomic mass is 10.2. The Hall–Kier alpha value is -1.55. The van der Waals surface area contributed by atoms with Gasteiger partial charge in [-0.1, -0.05) is 0 Å². The largest absolute Gasteiger partial charge is 0.378 e. The van der Waals surface area contributed by atoms with Crippen molar-refractivity contribution in [3.05, 3.63) is 40.3 Å². The van der Waals surface area contributed by atoms with Crippen molar-refractivity contribution in [3.63, 3.8) is 0 Å². The summed E-state index contributed by atoms with van der Waals surface area (Å²) in [5, 5.41) is 3.55. The first-order valence-electron chi connectivity index (χ1n) is 7.25. The van der Waals surface area contributed by atoms with Crippen molar-refractivity contribution in [1.29, 1.82) is 0 Å². The van der Waals surface area contributed by atoms with E-state index in [2.05, 4.69) is 53.3 Å². The average Bonchev–Trinajstić information content (AvgIpc) is 3.10. The first-order valence-corrected chi connectivity index (χ1v) is 8.13. The van der Waals surface area contributed by atoms with Gasteiger partial charge in [0.1, 0.15) is 0 Å². The molecule has 1 N–H and O–H groups in total. The van der Waals surface area contributed by atoms with Crippen LogP contribution in [0, 0.1) is 6.92 Å². The number of nitrogens with one attached hydrogen (secondary N) is 1. The van der Waals surface area contributed by atoms with Crippen LogP contribution in [0.5, 0.6) is 0 Å². The topological polar surface area (TPSA) is 28.2 Å².